The Balaban J connectivity index is 0.000000257. The molecule has 0 aliphatic heterocycles. The van der Waals surface area contributed by atoms with E-state index in [1.165, 1.54) is 0 Å². The van der Waals surface area contributed by atoms with E-state index in [1.807, 2.05) is 84.9 Å². The zero-order valence-corrected chi connectivity index (χ0v) is 25.7. The fraction of sp³-hybridized carbons (Fsp3) is 0.229. The molecule has 4 aromatic rings. The summed E-state index contributed by atoms with van der Waals surface area (Å²) in [7, 11) is 0. The molecule has 45 heavy (non-hydrogen) atoms. The topological polar surface area (TPSA) is 141 Å². The van der Waals surface area contributed by atoms with Gasteiger partial charge in [-0.3, -0.25) is 5.32 Å². The molecule has 0 saturated carbocycles. The highest BCUT2D eigenvalue weighted by Gasteiger charge is 2.16. The number of hydrogen-bond acceptors (Lipinski definition) is 7. The first-order valence-electron chi connectivity index (χ1n) is 14.4. The third kappa shape index (κ3) is 14.5. The molecule has 0 heterocycles. The first kappa shape index (κ1) is 34.0. The molecule has 4 rings (SSSR count). The number of benzene rings is 4. The Kier molecular flexibility index (Phi) is 13.3. The molecular formula is C35H40N4O6. The Morgan fingerprint density at radius 3 is 1.42 bits per heavy atom. The summed E-state index contributed by atoms with van der Waals surface area (Å²) in [4.78, 5) is 34.9. The van der Waals surface area contributed by atoms with Gasteiger partial charge in [-0.05, 0) is 67.3 Å². The molecule has 236 valence electrons. The average molecular weight is 613 g/mol. The van der Waals surface area contributed by atoms with Gasteiger partial charge in [-0.25, -0.2) is 14.4 Å². The molecule has 0 aliphatic carbocycles. The molecule has 0 unspecified atom stereocenters. The lowest BCUT2D eigenvalue weighted by Crippen LogP contribution is -2.27. The van der Waals surface area contributed by atoms with Gasteiger partial charge in [0.25, 0.3) is 0 Å². The normalized spacial score (nSPS) is 10.4. The monoisotopic (exact) mass is 612 g/mol. The van der Waals surface area contributed by atoms with E-state index >= 15 is 0 Å². The van der Waals surface area contributed by atoms with E-state index in [9.17, 15) is 14.4 Å². The molecule has 3 amide bonds. The van der Waals surface area contributed by atoms with Gasteiger partial charge in [0.05, 0.1) is 0 Å². The first-order chi connectivity index (χ1) is 21.6. The first-order valence-corrected chi connectivity index (χ1v) is 14.4. The molecule has 0 spiro atoms. The number of alkyl carbamates (subject to hydrolysis) is 2. The van der Waals surface area contributed by atoms with Crippen molar-refractivity contribution in [3.63, 3.8) is 0 Å². The minimum Gasteiger partial charge on any atom is -0.445 e. The van der Waals surface area contributed by atoms with Gasteiger partial charge in [0.1, 0.15) is 18.8 Å². The van der Waals surface area contributed by atoms with Crippen LogP contribution in [0.1, 0.15) is 43.0 Å². The standard InChI is InChI=1S/C20H24N2O4.C15H16N2O2/c1-20(2,3)26-19(24)22-17-11-9-15(10-12-17)13-21-18(23)25-14-16-7-5-4-6-8-16;16-14-8-6-12(7-9-14)10-17-15(18)19-11-13-4-2-1-3-5-13/h4-12H,13-14H2,1-3H3,(H,21,23)(H,22,24);1-9H,10-11,16H2,(H,17,18). The highest BCUT2D eigenvalue weighted by molar-refractivity contribution is 5.84. The summed E-state index contributed by atoms with van der Waals surface area (Å²) in [6, 6.07) is 33.5. The molecular weight excluding hydrogens is 572 g/mol. The Hall–Kier alpha value is -5.51. The lowest BCUT2D eigenvalue weighted by Gasteiger charge is -2.19. The number of amides is 3. The van der Waals surface area contributed by atoms with Gasteiger partial charge in [0.15, 0.2) is 0 Å². The summed E-state index contributed by atoms with van der Waals surface area (Å²) in [6.45, 7) is 6.67. The van der Waals surface area contributed by atoms with Crippen molar-refractivity contribution in [3.8, 4) is 0 Å². The van der Waals surface area contributed by atoms with Crippen LogP contribution in [-0.2, 0) is 40.5 Å². The van der Waals surface area contributed by atoms with Crippen LogP contribution in [0.25, 0.3) is 0 Å². The number of nitrogens with two attached hydrogens (primary N) is 1. The number of carbonyl (C=O) groups excluding carboxylic acids is 3. The van der Waals surface area contributed by atoms with Gasteiger partial charge >= 0.3 is 18.3 Å². The second-order valence-corrected chi connectivity index (χ2v) is 10.9. The lowest BCUT2D eigenvalue weighted by atomic mass is 10.2. The van der Waals surface area contributed by atoms with Crippen molar-refractivity contribution in [1.82, 2.24) is 10.6 Å². The summed E-state index contributed by atoms with van der Waals surface area (Å²) in [5.74, 6) is 0. The van der Waals surface area contributed by atoms with E-state index in [1.54, 1.807) is 45.0 Å². The van der Waals surface area contributed by atoms with Gasteiger partial charge < -0.3 is 30.6 Å². The fourth-order valence-electron chi connectivity index (χ4n) is 3.66. The molecule has 10 heteroatoms. The Labute approximate surface area is 263 Å². The van der Waals surface area contributed by atoms with Crippen molar-refractivity contribution in [2.45, 2.75) is 52.7 Å². The van der Waals surface area contributed by atoms with Crippen molar-refractivity contribution in [1.29, 1.82) is 0 Å². The van der Waals surface area contributed by atoms with Crippen LogP contribution in [0, 0.1) is 0 Å². The van der Waals surface area contributed by atoms with Crippen LogP contribution in [0.5, 0.6) is 0 Å². The molecule has 0 atom stereocenters. The maximum Gasteiger partial charge on any atom is 0.412 e. The van der Waals surface area contributed by atoms with Crippen molar-refractivity contribution < 1.29 is 28.6 Å². The van der Waals surface area contributed by atoms with E-state index in [0.717, 1.165) is 22.3 Å². The third-order valence-electron chi connectivity index (χ3n) is 5.88. The smallest absolute Gasteiger partial charge is 0.412 e. The molecule has 5 N–H and O–H groups in total. The lowest BCUT2D eigenvalue weighted by molar-refractivity contribution is 0.0635. The maximum atomic E-state index is 11.7. The summed E-state index contributed by atoms with van der Waals surface area (Å²) in [6.07, 6.45) is -1.42. The van der Waals surface area contributed by atoms with Crippen molar-refractivity contribution in [3.05, 3.63) is 131 Å². The molecule has 0 aromatic heterocycles. The number of ether oxygens (including phenoxy) is 3. The highest BCUT2D eigenvalue weighted by atomic mass is 16.6. The van der Waals surface area contributed by atoms with Gasteiger partial charge in [-0.2, -0.15) is 0 Å². The van der Waals surface area contributed by atoms with Gasteiger partial charge in [0, 0.05) is 24.5 Å². The number of nitrogens with one attached hydrogen (secondary N) is 3. The molecule has 0 radical (unpaired) electrons. The summed E-state index contributed by atoms with van der Waals surface area (Å²) in [5.41, 5.74) is 10.1. The summed E-state index contributed by atoms with van der Waals surface area (Å²) in [5, 5.41) is 8.03. The Morgan fingerprint density at radius 1 is 0.578 bits per heavy atom. The molecule has 0 aliphatic rings. The maximum absolute atomic E-state index is 11.7. The highest BCUT2D eigenvalue weighted by Crippen LogP contribution is 2.13. The third-order valence-corrected chi connectivity index (χ3v) is 5.88. The minimum atomic E-state index is -0.548. The molecule has 10 nitrogen and oxygen atoms in total. The number of carbonyl (C=O) groups is 3. The summed E-state index contributed by atoms with van der Waals surface area (Å²) >= 11 is 0. The van der Waals surface area contributed by atoms with Crippen LogP contribution in [0.3, 0.4) is 0 Å². The number of nitrogen functional groups attached to an aromatic ring is 1. The van der Waals surface area contributed by atoms with Crippen molar-refractivity contribution >= 4 is 29.7 Å². The predicted molar refractivity (Wildman–Crippen MR) is 174 cm³/mol. The van der Waals surface area contributed by atoms with Crippen LogP contribution >= 0.6 is 0 Å². The fourth-order valence-corrected chi connectivity index (χ4v) is 3.66. The van der Waals surface area contributed by atoms with E-state index in [-0.39, 0.29) is 13.2 Å². The number of anilines is 2. The van der Waals surface area contributed by atoms with Crippen molar-refractivity contribution in [2.75, 3.05) is 11.1 Å². The number of hydrogen-bond donors (Lipinski definition) is 4. The Bertz CT molecular complexity index is 1470. The van der Waals surface area contributed by atoms with Gasteiger partial charge in [-0.1, -0.05) is 84.9 Å². The Morgan fingerprint density at radius 2 is 1.00 bits per heavy atom. The van der Waals surface area contributed by atoms with E-state index < -0.39 is 23.9 Å². The largest absolute Gasteiger partial charge is 0.445 e. The van der Waals surface area contributed by atoms with Gasteiger partial charge in [0.2, 0.25) is 0 Å². The zero-order chi connectivity index (χ0) is 32.5. The molecule has 0 fully saturated rings. The minimum absolute atomic E-state index is 0.228. The van der Waals surface area contributed by atoms with Crippen LogP contribution in [0.4, 0.5) is 25.8 Å². The van der Waals surface area contributed by atoms with Gasteiger partial charge in [-0.15, -0.1) is 0 Å². The average Bonchev–Trinajstić information content (AvgIpc) is 3.02. The molecule has 0 saturated heterocycles. The zero-order valence-electron chi connectivity index (χ0n) is 25.7. The van der Waals surface area contributed by atoms with E-state index in [0.29, 0.717) is 24.5 Å². The second-order valence-electron chi connectivity index (χ2n) is 10.9. The van der Waals surface area contributed by atoms with Crippen LogP contribution < -0.4 is 21.7 Å². The molecule has 4 aromatic carbocycles. The predicted octanol–water partition coefficient (Wildman–Crippen LogP) is 7.16. The van der Waals surface area contributed by atoms with Crippen molar-refractivity contribution in [2.24, 2.45) is 0 Å². The van der Waals surface area contributed by atoms with Crippen LogP contribution in [0.15, 0.2) is 109 Å². The quantitative estimate of drug-likeness (QED) is 0.116. The van der Waals surface area contributed by atoms with E-state index in [2.05, 4.69) is 16.0 Å². The van der Waals surface area contributed by atoms with E-state index in [4.69, 9.17) is 19.9 Å². The number of rotatable bonds is 9. The molecule has 0 bridgehead atoms. The summed E-state index contributed by atoms with van der Waals surface area (Å²) < 4.78 is 15.4. The van der Waals surface area contributed by atoms with Crippen LogP contribution in [-0.4, -0.2) is 23.9 Å². The van der Waals surface area contributed by atoms with Crippen LogP contribution in [0.2, 0.25) is 0 Å². The SMILES string of the molecule is CC(C)(C)OC(=O)Nc1ccc(CNC(=O)OCc2ccccc2)cc1.Nc1ccc(CNC(=O)OCc2ccccc2)cc1. The second kappa shape index (κ2) is 17.6.